The molecule has 2 aromatic rings. The molecule has 2 aromatic carbocycles. The van der Waals surface area contributed by atoms with Crippen molar-refractivity contribution in [1.29, 1.82) is 10.5 Å². The standard InChI is InChI=1S/C21H16N4/c22-13-18-12-17(16-4-2-1-3-5-16)10-11-21(18,14-23)15-25-20-8-6-19(24)7-9-20/h1-12,15,18H,24H2. The smallest absolute Gasteiger partial charge is 0.130 e. The van der Waals surface area contributed by atoms with Crippen molar-refractivity contribution >= 4 is 23.2 Å². The number of anilines is 1. The fourth-order valence-corrected chi connectivity index (χ4v) is 2.67. The van der Waals surface area contributed by atoms with Crippen LogP contribution in [0, 0.1) is 34.0 Å². The van der Waals surface area contributed by atoms with Crippen LogP contribution in [-0.4, -0.2) is 6.21 Å². The van der Waals surface area contributed by atoms with Gasteiger partial charge in [0.05, 0.1) is 23.7 Å². The maximum atomic E-state index is 9.73. The largest absolute Gasteiger partial charge is 0.399 e. The molecule has 2 unspecified atom stereocenters. The molecule has 0 bridgehead atoms. The fraction of sp³-hybridized carbons (Fsp3) is 0.0952. The Kier molecular flexibility index (Phi) is 4.46. The topological polar surface area (TPSA) is 86.0 Å². The third-order valence-electron chi connectivity index (χ3n) is 4.16. The van der Waals surface area contributed by atoms with E-state index in [1.54, 1.807) is 36.6 Å². The van der Waals surface area contributed by atoms with E-state index in [-0.39, 0.29) is 0 Å². The first-order valence-electron chi connectivity index (χ1n) is 7.85. The summed E-state index contributed by atoms with van der Waals surface area (Å²) in [6.07, 6.45) is 7.00. The first-order valence-corrected chi connectivity index (χ1v) is 7.85. The lowest BCUT2D eigenvalue weighted by Gasteiger charge is -2.25. The maximum absolute atomic E-state index is 9.73. The van der Waals surface area contributed by atoms with Crippen LogP contribution in [0.15, 0.2) is 77.8 Å². The van der Waals surface area contributed by atoms with Gasteiger partial charge in [-0.25, -0.2) is 0 Å². The zero-order chi connectivity index (χ0) is 17.7. The van der Waals surface area contributed by atoms with E-state index in [1.807, 2.05) is 42.5 Å². The summed E-state index contributed by atoms with van der Waals surface area (Å²) in [6, 6.07) is 21.3. The second-order valence-corrected chi connectivity index (χ2v) is 5.82. The van der Waals surface area contributed by atoms with Crippen LogP contribution in [0.5, 0.6) is 0 Å². The molecule has 4 nitrogen and oxygen atoms in total. The minimum absolute atomic E-state index is 0.616. The van der Waals surface area contributed by atoms with Crippen molar-refractivity contribution in [3.63, 3.8) is 0 Å². The van der Waals surface area contributed by atoms with Gasteiger partial charge in [-0.15, -0.1) is 0 Å². The molecule has 2 N–H and O–H groups in total. The Morgan fingerprint density at radius 1 is 1.04 bits per heavy atom. The van der Waals surface area contributed by atoms with Crippen LogP contribution in [0.4, 0.5) is 11.4 Å². The van der Waals surface area contributed by atoms with Crippen molar-refractivity contribution in [2.45, 2.75) is 0 Å². The average molecular weight is 324 g/mol. The molecule has 25 heavy (non-hydrogen) atoms. The Bertz CT molecular complexity index is 925. The highest BCUT2D eigenvalue weighted by Gasteiger charge is 2.37. The van der Waals surface area contributed by atoms with Crippen molar-refractivity contribution in [1.82, 2.24) is 0 Å². The lowest BCUT2D eigenvalue weighted by molar-refractivity contribution is 0.597. The van der Waals surface area contributed by atoms with Crippen LogP contribution >= 0.6 is 0 Å². The first-order chi connectivity index (χ1) is 12.2. The van der Waals surface area contributed by atoms with Crippen LogP contribution in [0.1, 0.15) is 5.56 Å². The molecule has 4 heteroatoms. The second-order valence-electron chi connectivity index (χ2n) is 5.82. The van der Waals surface area contributed by atoms with E-state index in [4.69, 9.17) is 5.73 Å². The summed E-state index contributed by atoms with van der Waals surface area (Å²) in [5.74, 6) is -0.616. The van der Waals surface area contributed by atoms with E-state index >= 15 is 0 Å². The summed E-state index contributed by atoms with van der Waals surface area (Å²) in [6.45, 7) is 0. The SMILES string of the molecule is N#CC1C=C(c2ccccc2)C=CC1(C#N)C=Nc1ccc(N)cc1. The number of allylic oxidation sites excluding steroid dienone is 4. The fourth-order valence-electron chi connectivity index (χ4n) is 2.67. The highest BCUT2D eigenvalue weighted by Crippen LogP contribution is 2.36. The summed E-state index contributed by atoms with van der Waals surface area (Å²) >= 11 is 0. The summed E-state index contributed by atoms with van der Waals surface area (Å²) in [7, 11) is 0. The van der Waals surface area contributed by atoms with Gasteiger partial charge in [0.2, 0.25) is 0 Å². The van der Waals surface area contributed by atoms with Gasteiger partial charge in [0, 0.05) is 11.9 Å². The first kappa shape index (κ1) is 16.2. The molecule has 1 aliphatic carbocycles. The second kappa shape index (κ2) is 6.86. The van der Waals surface area contributed by atoms with Crippen molar-refractivity contribution in [2.75, 3.05) is 5.73 Å². The Labute approximate surface area is 146 Å². The molecular formula is C21H16N4. The Morgan fingerprint density at radius 2 is 1.76 bits per heavy atom. The predicted octanol–water partition coefficient (Wildman–Crippen LogP) is 4.27. The lowest BCUT2D eigenvalue weighted by atomic mass is 9.73. The van der Waals surface area contributed by atoms with E-state index in [0.29, 0.717) is 11.4 Å². The van der Waals surface area contributed by atoms with Crippen molar-refractivity contribution in [2.24, 2.45) is 16.3 Å². The van der Waals surface area contributed by atoms with Gasteiger partial charge in [-0.05, 0) is 35.4 Å². The van der Waals surface area contributed by atoms with Gasteiger partial charge in [-0.2, -0.15) is 10.5 Å². The van der Waals surface area contributed by atoms with Gasteiger partial charge in [0.25, 0.3) is 0 Å². The zero-order valence-electron chi connectivity index (χ0n) is 13.5. The molecule has 0 aliphatic heterocycles. The maximum Gasteiger partial charge on any atom is 0.130 e. The van der Waals surface area contributed by atoms with Gasteiger partial charge in [0.1, 0.15) is 5.41 Å². The normalized spacial score (nSPS) is 22.2. The summed E-state index contributed by atoms with van der Waals surface area (Å²) in [4.78, 5) is 4.38. The third kappa shape index (κ3) is 3.34. The van der Waals surface area contributed by atoms with Crippen LogP contribution < -0.4 is 5.73 Å². The molecule has 0 aromatic heterocycles. The number of nitrogen functional groups attached to an aromatic ring is 1. The van der Waals surface area contributed by atoms with Gasteiger partial charge in [-0.1, -0.05) is 48.6 Å². The van der Waals surface area contributed by atoms with E-state index in [1.165, 1.54) is 0 Å². The molecular weight excluding hydrogens is 308 g/mol. The van der Waals surface area contributed by atoms with Gasteiger partial charge >= 0.3 is 0 Å². The molecule has 1 aliphatic rings. The molecule has 0 saturated carbocycles. The Morgan fingerprint density at radius 3 is 2.40 bits per heavy atom. The molecule has 0 heterocycles. The molecule has 0 saturated heterocycles. The quantitative estimate of drug-likeness (QED) is 0.675. The molecule has 3 rings (SSSR count). The number of aliphatic imine (C=N–C) groups is 1. The van der Waals surface area contributed by atoms with Crippen LogP contribution in [0.2, 0.25) is 0 Å². The molecule has 2 atom stereocenters. The van der Waals surface area contributed by atoms with Crippen LogP contribution in [0.25, 0.3) is 5.57 Å². The Balaban J connectivity index is 1.93. The molecule has 0 fully saturated rings. The number of nitrogens with zero attached hydrogens (tertiary/aromatic N) is 3. The van der Waals surface area contributed by atoms with E-state index in [2.05, 4.69) is 17.1 Å². The lowest BCUT2D eigenvalue weighted by Crippen LogP contribution is -2.28. The van der Waals surface area contributed by atoms with Crippen LogP contribution in [-0.2, 0) is 0 Å². The highest BCUT2D eigenvalue weighted by molar-refractivity contribution is 5.84. The number of nitrogens with two attached hydrogens (primary N) is 1. The summed E-state index contributed by atoms with van der Waals surface area (Å²) < 4.78 is 0. The molecule has 120 valence electrons. The number of nitriles is 2. The number of hydrogen-bond donors (Lipinski definition) is 1. The minimum atomic E-state index is -1.09. The molecule has 0 amide bonds. The van der Waals surface area contributed by atoms with Crippen molar-refractivity contribution < 1.29 is 0 Å². The predicted molar refractivity (Wildman–Crippen MR) is 99.7 cm³/mol. The monoisotopic (exact) mass is 324 g/mol. The van der Waals surface area contributed by atoms with E-state index < -0.39 is 11.3 Å². The molecule has 0 radical (unpaired) electrons. The van der Waals surface area contributed by atoms with E-state index in [9.17, 15) is 10.5 Å². The zero-order valence-corrected chi connectivity index (χ0v) is 13.5. The van der Waals surface area contributed by atoms with Crippen molar-refractivity contribution in [3.05, 3.63) is 78.4 Å². The average Bonchev–Trinajstić information content (AvgIpc) is 2.68. The van der Waals surface area contributed by atoms with Gasteiger partial charge < -0.3 is 5.73 Å². The van der Waals surface area contributed by atoms with Gasteiger partial charge in [0.15, 0.2) is 0 Å². The summed E-state index contributed by atoms with van der Waals surface area (Å²) in [5.41, 5.74) is 7.86. The van der Waals surface area contributed by atoms with E-state index in [0.717, 1.165) is 11.1 Å². The molecule has 0 spiro atoms. The third-order valence-corrected chi connectivity index (χ3v) is 4.16. The number of benzene rings is 2. The number of hydrogen-bond acceptors (Lipinski definition) is 4. The Hall–Kier alpha value is -3.63. The highest BCUT2D eigenvalue weighted by atomic mass is 14.7. The van der Waals surface area contributed by atoms with Crippen molar-refractivity contribution in [3.8, 4) is 12.1 Å². The number of rotatable bonds is 3. The van der Waals surface area contributed by atoms with Crippen LogP contribution in [0.3, 0.4) is 0 Å². The summed E-state index contributed by atoms with van der Waals surface area (Å²) in [5, 5.41) is 19.3. The minimum Gasteiger partial charge on any atom is -0.399 e. The van der Waals surface area contributed by atoms with Gasteiger partial charge in [-0.3, -0.25) is 4.99 Å².